The molecule has 0 radical (unpaired) electrons. The van der Waals surface area contributed by atoms with Crippen LogP contribution >= 0.6 is 0 Å². The molecule has 5 nitrogen and oxygen atoms in total. The van der Waals surface area contributed by atoms with Crippen LogP contribution < -0.4 is 5.73 Å². The minimum Gasteiger partial charge on any atom is -0.349 e. The molecule has 1 saturated heterocycles. The lowest BCUT2D eigenvalue weighted by Gasteiger charge is -2.26. The van der Waals surface area contributed by atoms with Gasteiger partial charge in [-0.15, -0.1) is 0 Å². The monoisotopic (exact) mass is 313 g/mol. The number of nitrogens with zero attached hydrogens (tertiary/aromatic N) is 2. The van der Waals surface area contributed by atoms with Gasteiger partial charge in [0.25, 0.3) is 0 Å². The van der Waals surface area contributed by atoms with E-state index < -0.39 is 10.0 Å². The van der Waals surface area contributed by atoms with E-state index in [-0.39, 0.29) is 5.41 Å². The Morgan fingerprint density at radius 1 is 1.29 bits per heavy atom. The van der Waals surface area contributed by atoms with Gasteiger partial charge in [0, 0.05) is 38.1 Å². The zero-order chi connectivity index (χ0) is 15.7. The molecule has 6 heteroatoms. The second-order valence-electron chi connectivity index (χ2n) is 5.95. The number of aromatic nitrogens is 1. The fourth-order valence-electron chi connectivity index (χ4n) is 3.21. The standard InChI is InChI=1S/C15H27N3O2S/c1-4-15(5-2)7-8-18(12-15)21(19,20)14-9-13(10-16)17(6-3)11-14/h9,11H,4-8,10,12,16H2,1-3H3. The van der Waals surface area contributed by atoms with Gasteiger partial charge in [0.15, 0.2) is 0 Å². The second-order valence-corrected chi connectivity index (χ2v) is 7.89. The first-order chi connectivity index (χ1) is 9.92. The molecule has 1 aromatic heterocycles. The molecule has 0 spiro atoms. The van der Waals surface area contributed by atoms with Crippen LogP contribution in [0, 0.1) is 5.41 Å². The molecule has 2 rings (SSSR count). The first-order valence-corrected chi connectivity index (χ1v) is 9.25. The lowest BCUT2D eigenvalue weighted by Crippen LogP contribution is -2.31. The highest BCUT2D eigenvalue weighted by molar-refractivity contribution is 7.89. The summed E-state index contributed by atoms with van der Waals surface area (Å²) in [4.78, 5) is 0.382. The third-order valence-electron chi connectivity index (χ3n) is 5.05. The molecule has 1 aromatic rings. The minimum atomic E-state index is -3.39. The Labute approximate surface area is 128 Å². The zero-order valence-corrected chi connectivity index (χ0v) is 14.1. The van der Waals surface area contributed by atoms with Crippen LogP contribution in [0.4, 0.5) is 0 Å². The smallest absolute Gasteiger partial charge is 0.244 e. The van der Waals surface area contributed by atoms with Gasteiger partial charge in [-0.2, -0.15) is 4.31 Å². The van der Waals surface area contributed by atoms with Crippen LogP contribution in [-0.2, 0) is 23.1 Å². The van der Waals surface area contributed by atoms with Crippen LogP contribution in [0.25, 0.3) is 0 Å². The largest absolute Gasteiger partial charge is 0.349 e. The number of aryl methyl sites for hydroxylation is 1. The van der Waals surface area contributed by atoms with Gasteiger partial charge < -0.3 is 10.3 Å². The van der Waals surface area contributed by atoms with Gasteiger partial charge in [-0.1, -0.05) is 13.8 Å². The van der Waals surface area contributed by atoms with Crippen molar-refractivity contribution >= 4 is 10.0 Å². The predicted molar refractivity (Wildman–Crippen MR) is 84.4 cm³/mol. The maximum absolute atomic E-state index is 12.8. The Bertz CT molecular complexity index is 567. The lowest BCUT2D eigenvalue weighted by molar-refractivity contribution is 0.279. The average Bonchev–Trinajstić information content (AvgIpc) is 3.12. The summed E-state index contributed by atoms with van der Waals surface area (Å²) in [6.45, 7) is 8.65. The number of hydrogen-bond donors (Lipinski definition) is 1. The van der Waals surface area contributed by atoms with Gasteiger partial charge in [-0.3, -0.25) is 0 Å². The third-order valence-corrected chi connectivity index (χ3v) is 6.86. The van der Waals surface area contributed by atoms with Crippen molar-refractivity contribution in [3.05, 3.63) is 18.0 Å². The van der Waals surface area contributed by atoms with Gasteiger partial charge in [0.2, 0.25) is 10.0 Å². The van der Waals surface area contributed by atoms with Crippen molar-refractivity contribution in [2.75, 3.05) is 13.1 Å². The first-order valence-electron chi connectivity index (χ1n) is 7.81. The van der Waals surface area contributed by atoms with Crippen LogP contribution in [0.3, 0.4) is 0 Å². The lowest BCUT2D eigenvalue weighted by atomic mass is 9.82. The number of rotatable bonds is 6. The molecular formula is C15H27N3O2S. The number of nitrogens with two attached hydrogens (primary N) is 1. The van der Waals surface area contributed by atoms with E-state index in [0.29, 0.717) is 24.5 Å². The molecule has 0 amide bonds. The van der Waals surface area contributed by atoms with Crippen molar-refractivity contribution < 1.29 is 8.42 Å². The highest BCUT2D eigenvalue weighted by Crippen LogP contribution is 2.39. The van der Waals surface area contributed by atoms with Gasteiger partial charge in [0.1, 0.15) is 4.90 Å². The fraction of sp³-hybridized carbons (Fsp3) is 0.733. The molecule has 1 aliphatic heterocycles. The van der Waals surface area contributed by atoms with Crippen molar-refractivity contribution in [2.45, 2.75) is 58.0 Å². The fourth-order valence-corrected chi connectivity index (χ4v) is 4.83. The SMILES string of the molecule is CCn1cc(S(=O)(=O)N2CCC(CC)(CC)C2)cc1CN. The van der Waals surface area contributed by atoms with E-state index in [1.165, 1.54) is 0 Å². The summed E-state index contributed by atoms with van der Waals surface area (Å²) < 4.78 is 29.2. The molecule has 0 bridgehead atoms. The molecule has 0 atom stereocenters. The van der Waals surface area contributed by atoms with Crippen LogP contribution in [0.1, 0.15) is 45.7 Å². The molecule has 1 fully saturated rings. The van der Waals surface area contributed by atoms with Crippen molar-refractivity contribution in [1.29, 1.82) is 0 Å². The van der Waals surface area contributed by atoms with Crippen molar-refractivity contribution in [1.82, 2.24) is 8.87 Å². The summed E-state index contributed by atoms with van der Waals surface area (Å²) in [5.74, 6) is 0. The first kappa shape index (κ1) is 16.5. The molecule has 21 heavy (non-hydrogen) atoms. The molecular weight excluding hydrogens is 286 g/mol. The Hall–Kier alpha value is -0.850. The maximum atomic E-state index is 12.8. The Kier molecular flexibility index (Phi) is 4.80. The quantitative estimate of drug-likeness (QED) is 0.875. The van der Waals surface area contributed by atoms with Crippen LogP contribution in [0.15, 0.2) is 17.2 Å². The molecule has 2 heterocycles. The summed E-state index contributed by atoms with van der Waals surface area (Å²) in [7, 11) is -3.39. The van der Waals surface area contributed by atoms with Gasteiger partial charge in [-0.25, -0.2) is 8.42 Å². The number of sulfonamides is 1. The Balaban J connectivity index is 2.29. The minimum absolute atomic E-state index is 0.150. The van der Waals surface area contributed by atoms with Crippen molar-refractivity contribution in [2.24, 2.45) is 11.1 Å². The van der Waals surface area contributed by atoms with E-state index in [2.05, 4.69) is 13.8 Å². The van der Waals surface area contributed by atoms with E-state index in [4.69, 9.17) is 5.73 Å². The van der Waals surface area contributed by atoms with Crippen LogP contribution in [0.5, 0.6) is 0 Å². The van der Waals surface area contributed by atoms with E-state index in [1.54, 1.807) is 16.6 Å². The molecule has 0 unspecified atom stereocenters. The van der Waals surface area contributed by atoms with Crippen LogP contribution in [0.2, 0.25) is 0 Å². The van der Waals surface area contributed by atoms with Gasteiger partial charge in [0.05, 0.1) is 0 Å². The third kappa shape index (κ3) is 2.89. The van der Waals surface area contributed by atoms with E-state index >= 15 is 0 Å². The van der Waals surface area contributed by atoms with Gasteiger partial charge in [-0.05, 0) is 37.7 Å². The van der Waals surface area contributed by atoms with Crippen LogP contribution in [-0.4, -0.2) is 30.4 Å². The Morgan fingerprint density at radius 3 is 2.38 bits per heavy atom. The topological polar surface area (TPSA) is 68.3 Å². The predicted octanol–water partition coefficient (Wildman–Crippen LogP) is 2.17. The molecule has 0 saturated carbocycles. The van der Waals surface area contributed by atoms with Crippen molar-refractivity contribution in [3.63, 3.8) is 0 Å². The Morgan fingerprint density at radius 2 is 1.95 bits per heavy atom. The molecule has 0 aliphatic carbocycles. The average molecular weight is 313 g/mol. The van der Waals surface area contributed by atoms with E-state index in [0.717, 1.165) is 31.5 Å². The maximum Gasteiger partial charge on any atom is 0.244 e. The highest BCUT2D eigenvalue weighted by Gasteiger charge is 2.40. The summed E-state index contributed by atoms with van der Waals surface area (Å²) in [5.41, 5.74) is 6.71. The highest BCUT2D eigenvalue weighted by atomic mass is 32.2. The molecule has 1 aliphatic rings. The van der Waals surface area contributed by atoms with E-state index in [1.807, 2.05) is 11.5 Å². The number of hydrogen-bond acceptors (Lipinski definition) is 3. The molecule has 2 N–H and O–H groups in total. The summed E-state index contributed by atoms with van der Waals surface area (Å²) in [6, 6.07) is 1.72. The summed E-state index contributed by atoms with van der Waals surface area (Å²) in [5, 5.41) is 0. The van der Waals surface area contributed by atoms with Gasteiger partial charge >= 0.3 is 0 Å². The van der Waals surface area contributed by atoms with Crippen molar-refractivity contribution in [3.8, 4) is 0 Å². The molecule has 0 aromatic carbocycles. The summed E-state index contributed by atoms with van der Waals surface area (Å²) >= 11 is 0. The van der Waals surface area contributed by atoms with E-state index in [9.17, 15) is 8.42 Å². The normalized spacial score (nSPS) is 19.2. The second kappa shape index (κ2) is 6.10. The zero-order valence-electron chi connectivity index (χ0n) is 13.3. The summed E-state index contributed by atoms with van der Waals surface area (Å²) in [6.07, 6.45) is 4.73. The molecule has 120 valence electrons.